The van der Waals surface area contributed by atoms with E-state index in [1.54, 1.807) is 0 Å². The molecule has 0 aromatic rings. The zero-order valence-corrected chi connectivity index (χ0v) is 4.89. The molecule has 0 bridgehead atoms. The average molecular weight is 137 g/mol. The summed E-state index contributed by atoms with van der Waals surface area (Å²) >= 11 is 0. The Morgan fingerprint density at radius 2 is 2.11 bits per heavy atom. The molecule has 0 radical (unpaired) electrons. The number of hydrogen-bond acceptors (Lipinski definition) is 2. The molecule has 1 saturated heterocycles. The van der Waals surface area contributed by atoms with Gasteiger partial charge in [-0.2, -0.15) is 0 Å². The van der Waals surface area contributed by atoms with Gasteiger partial charge in [-0.25, -0.2) is 8.78 Å². The summed E-state index contributed by atoms with van der Waals surface area (Å²) in [6, 6.07) is -0.468. The van der Waals surface area contributed by atoms with E-state index in [4.69, 9.17) is 10.5 Å². The quantitative estimate of drug-likeness (QED) is 0.561. The van der Waals surface area contributed by atoms with Crippen molar-refractivity contribution in [2.45, 2.75) is 12.5 Å². The second-order valence-electron chi connectivity index (χ2n) is 2.20. The molecule has 4 heteroatoms. The fraction of sp³-hybridized carbons (Fsp3) is 1.00. The van der Waals surface area contributed by atoms with Gasteiger partial charge in [0, 0.05) is 6.04 Å². The van der Waals surface area contributed by atoms with Crippen molar-refractivity contribution in [1.82, 2.24) is 0 Å². The van der Waals surface area contributed by atoms with Crippen LogP contribution in [0.5, 0.6) is 0 Å². The van der Waals surface area contributed by atoms with Gasteiger partial charge >= 0.3 is 0 Å². The van der Waals surface area contributed by atoms with Crippen LogP contribution in [0.25, 0.3) is 0 Å². The molecule has 0 saturated carbocycles. The summed E-state index contributed by atoms with van der Waals surface area (Å²) in [6.07, 6.45) is -2.33. The third-order valence-corrected chi connectivity index (χ3v) is 1.49. The van der Waals surface area contributed by atoms with Gasteiger partial charge in [-0.3, -0.25) is 0 Å². The topological polar surface area (TPSA) is 35.2 Å². The highest BCUT2D eigenvalue weighted by molar-refractivity contribution is 4.79. The predicted molar refractivity (Wildman–Crippen MR) is 28.3 cm³/mol. The van der Waals surface area contributed by atoms with E-state index in [0.29, 0.717) is 0 Å². The zero-order valence-electron chi connectivity index (χ0n) is 4.89. The maximum atomic E-state index is 11.8. The van der Waals surface area contributed by atoms with Crippen LogP contribution in [0.3, 0.4) is 0 Å². The summed E-state index contributed by atoms with van der Waals surface area (Å²) in [4.78, 5) is 0. The largest absolute Gasteiger partial charge is 0.379 e. The Hall–Kier alpha value is -0.220. The number of nitrogens with two attached hydrogens (primary N) is 1. The molecule has 1 fully saturated rings. The molecule has 2 N–H and O–H groups in total. The van der Waals surface area contributed by atoms with Crippen LogP contribution >= 0.6 is 0 Å². The Balaban J connectivity index is 2.40. The fourth-order valence-electron chi connectivity index (χ4n) is 0.847. The molecular weight excluding hydrogens is 128 g/mol. The molecular formula is C5H9F2NO. The van der Waals surface area contributed by atoms with Crippen LogP contribution in [0.1, 0.15) is 0 Å². The molecule has 2 nitrogen and oxygen atoms in total. The molecule has 0 unspecified atom stereocenters. The maximum absolute atomic E-state index is 11.8. The summed E-state index contributed by atoms with van der Waals surface area (Å²) in [5, 5.41) is 0. The Morgan fingerprint density at radius 1 is 1.44 bits per heavy atom. The lowest BCUT2D eigenvalue weighted by atomic mass is 10.1. The molecule has 2 atom stereocenters. The van der Waals surface area contributed by atoms with Crippen molar-refractivity contribution in [3.05, 3.63) is 0 Å². The first-order valence-electron chi connectivity index (χ1n) is 2.83. The van der Waals surface area contributed by atoms with Gasteiger partial charge in [0.15, 0.2) is 0 Å². The second-order valence-corrected chi connectivity index (χ2v) is 2.20. The van der Waals surface area contributed by atoms with Crippen molar-refractivity contribution in [2.75, 3.05) is 13.2 Å². The molecule has 1 rings (SSSR count). The van der Waals surface area contributed by atoms with Gasteiger partial charge in [0.05, 0.1) is 19.1 Å². The number of halogens is 2. The molecule has 54 valence electrons. The first-order chi connectivity index (χ1) is 4.22. The van der Waals surface area contributed by atoms with Crippen molar-refractivity contribution < 1.29 is 13.5 Å². The van der Waals surface area contributed by atoms with Crippen molar-refractivity contribution in [1.29, 1.82) is 0 Å². The van der Waals surface area contributed by atoms with Crippen molar-refractivity contribution >= 4 is 0 Å². The van der Waals surface area contributed by atoms with E-state index in [1.807, 2.05) is 0 Å². The highest BCUT2D eigenvalue weighted by Crippen LogP contribution is 2.18. The summed E-state index contributed by atoms with van der Waals surface area (Å²) in [6.45, 7) is 0.383. The lowest BCUT2D eigenvalue weighted by molar-refractivity contribution is 0.0626. The Labute approximate surface area is 52.0 Å². The number of alkyl halides is 2. The minimum atomic E-state index is -2.33. The van der Waals surface area contributed by atoms with Crippen LogP contribution in [-0.2, 0) is 4.74 Å². The minimum Gasteiger partial charge on any atom is -0.379 e. The second kappa shape index (κ2) is 2.58. The van der Waals surface area contributed by atoms with E-state index in [1.165, 1.54) is 0 Å². The highest BCUT2D eigenvalue weighted by atomic mass is 19.3. The van der Waals surface area contributed by atoms with Gasteiger partial charge in [0.1, 0.15) is 0 Å². The lowest BCUT2D eigenvalue weighted by Gasteiger charge is -2.09. The van der Waals surface area contributed by atoms with Crippen LogP contribution in [0, 0.1) is 5.92 Å². The molecule has 0 aliphatic carbocycles. The Kier molecular flexibility index (Phi) is 1.97. The third-order valence-electron chi connectivity index (χ3n) is 1.49. The predicted octanol–water partition coefficient (Wildman–Crippen LogP) is 0.225. The normalized spacial score (nSPS) is 36.0. The van der Waals surface area contributed by atoms with Crippen LogP contribution in [0.4, 0.5) is 8.78 Å². The first-order valence-corrected chi connectivity index (χ1v) is 2.83. The van der Waals surface area contributed by atoms with Crippen LogP contribution in [0.15, 0.2) is 0 Å². The number of ether oxygens (including phenoxy) is 1. The van der Waals surface area contributed by atoms with Crippen molar-refractivity contribution in [2.24, 2.45) is 11.7 Å². The van der Waals surface area contributed by atoms with Crippen molar-refractivity contribution in [3.63, 3.8) is 0 Å². The first kappa shape index (κ1) is 6.89. The van der Waals surface area contributed by atoms with E-state index >= 15 is 0 Å². The van der Waals surface area contributed by atoms with E-state index in [2.05, 4.69) is 0 Å². The molecule has 1 aliphatic heterocycles. The SMILES string of the molecule is N[C@@H]1COC[C@@H]1C(F)F. The minimum absolute atomic E-state index is 0.110. The Morgan fingerprint density at radius 3 is 2.33 bits per heavy atom. The summed E-state index contributed by atoms with van der Waals surface area (Å²) in [5.74, 6) is -0.745. The van der Waals surface area contributed by atoms with Crippen LogP contribution < -0.4 is 5.73 Å². The Bertz CT molecular complexity index is 99.0. The third kappa shape index (κ3) is 1.37. The highest BCUT2D eigenvalue weighted by Gasteiger charge is 2.32. The summed E-state index contributed by atoms with van der Waals surface area (Å²) in [5.41, 5.74) is 5.27. The molecule has 1 heterocycles. The van der Waals surface area contributed by atoms with E-state index in [0.717, 1.165) is 0 Å². The summed E-state index contributed by atoms with van der Waals surface area (Å²) in [7, 11) is 0. The van der Waals surface area contributed by atoms with Gasteiger partial charge in [0.2, 0.25) is 6.43 Å². The number of rotatable bonds is 1. The van der Waals surface area contributed by atoms with Crippen LogP contribution in [-0.4, -0.2) is 25.7 Å². The fourth-order valence-corrected chi connectivity index (χ4v) is 0.847. The lowest BCUT2D eigenvalue weighted by Crippen LogP contribution is -2.32. The molecule has 0 aromatic carbocycles. The van der Waals surface area contributed by atoms with Gasteiger partial charge in [-0.1, -0.05) is 0 Å². The van der Waals surface area contributed by atoms with Crippen LogP contribution in [0.2, 0.25) is 0 Å². The monoisotopic (exact) mass is 137 g/mol. The average Bonchev–Trinajstić information content (AvgIpc) is 2.13. The standard InChI is InChI=1S/C5H9F2NO/c6-5(7)3-1-9-2-4(3)8/h3-5H,1-2,8H2/t3-,4+/m0/s1. The van der Waals surface area contributed by atoms with Gasteiger partial charge in [0.25, 0.3) is 0 Å². The van der Waals surface area contributed by atoms with Gasteiger partial charge in [-0.05, 0) is 0 Å². The molecule has 0 aromatic heterocycles. The molecule has 1 aliphatic rings. The smallest absolute Gasteiger partial charge is 0.245 e. The van der Waals surface area contributed by atoms with Gasteiger partial charge < -0.3 is 10.5 Å². The maximum Gasteiger partial charge on any atom is 0.245 e. The molecule has 0 spiro atoms. The summed E-state index contributed by atoms with van der Waals surface area (Å²) < 4.78 is 28.4. The number of hydrogen-bond donors (Lipinski definition) is 1. The van der Waals surface area contributed by atoms with Crippen molar-refractivity contribution in [3.8, 4) is 0 Å². The zero-order chi connectivity index (χ0) is 6.85. The van der Waals surface area contributed by atoms with E-state index in [9.17, 15) is 8.78 Å². The molecule has 0 amide bonds. The van der Waals surface area contributed by atoms with E-state index in [-0.39, 0.29) is 13.2 Å². The van der Waals surface area contributed by atoms with Gasteiger partial charge in [-0.15, -0.1) is 0 Å². The molecule has 9 heavy (non-hydrogen) atoms. The van der Waals surface area contributed by atoms with E-state index < -0.39 is 18.4 Å².